The molecule has 5 heteroatoms. The average Bonchev–Trinajstić information content (AvgIpc) is 3.53. The Balaban J connectivity index is 1.81. The summed E-state index contributed by atoms with van der Waals surface area (Å²) in [6.45, 7) is 1.75. The Hall–Kier alpha value is -2.82. The zero-order chi connectivity index (χ0) is 18.9. The molecule has 2 atom stereocenters. The number of phenols is 1. The molecule has 0 radical (unpaired) electrons. The van der Waals surface area contributed by atoms with E-state index >= 15 is 0 Å². The second-order valence-corrected chi connectivity index (χ2v) is 7.83. The van der Waals surface area contributed by atoms with Crippen LogP contribution >= 0.6 is 0 Å². The summed E-state index contributed by atoms with van der Waals surface area (Å²) in [5, 5.41) is 20.4. The number of aryl methyl sites for hydroxylation is 1. The highest BCUT2D eigenvalue weighted by molar-refractivity contribution is 5.91. The van der Waals surface area contributed by atoms with E-state index in [-0.39, 0.29) is 23.4 Å². The number of aromatic hydroxyl groups is 1. The van der Waals surface area contributed by atoms with E-state index in [0.29, 0.717) is 17.9 Å². The maximum absolute atomic E-state index is 13.8. The Bertz CT molecular complexity index is 1100. The normalized spacial score (nSPS) is 21.6. The molecule has 0 bridgehead atoms. The van der Waals surface area contributed by atoms with Crippen molar-refractivity contribution >= 4 is 16.9 Å². The van der Waals surface area contributed by atoms with Gasteiger partial charge in [-0.25, -0.2) is 4.39 Å². The van der Waals surface area contributed by atoms with Crippen LogP contribution in [0.25, 0.3) is 16.6 Å². The number of rotatable bonds is 4. The lowest BCUT2D eigenvalue weighted by molar-refractivity contribution is -0.138. The molecular weight excluding hydrogens is 345 g/mol. The number of carboxylic acid groups (broad SMARTS) is 1. The fraction of sp³-hybridized carbons (Fsp3) is 0.318. The standard InChI is InChI=1S/C22H20FNO3/c1-11-8-13(4-6-18(11)23)24-19-7-5-14(25)9-17(19)20(21(24)12-2-3-12)15-10-16(15)22(26)27/h4-9,12,15-16,25H,2-3,10H2,1H3,(H,26,27)/t15-,16-/m0/s1. The summed E-state index contributed by atoms with van der Waals surface area (Å²) in [7, 11) is 0. The van der Waals surface area contributed by atoms with Crippen LogP contribution in [0.1, 0.15) is 47.9 Å². The molecule has 0 saturated heterocycles. The number of phenolic OH excluding ortho intramolecular Hbond substituents is 1. The van der Waals surface area contributed by atoms with Crippen LogP contribution in [0.2, 0.25) is 0 Å². The number of hydrogen-bond acceptors (Lipinski definition) is 2. The van der Waals surface area contributed by atoms with E-state index in [1.54, 1.807) is 25.1 Å². The van der Waals surface area contributed by atoms with Gasteiger partial charge >= 0.3 is 5.97 Å². The summed E-state index contributed by atoms with van der Waals surface area (Å²) in [5.74, 6) is -0.834. The van der Waals surface area contributed by atoms with Gasteiger partial charge in [-0.2, -0.15) is 0 Å². The van der Waals surface area contributed by atoms with Crippen LogP contribution < -0.4 is 0 Å². The summed E-state index contributed by atoms with van der Waals surface area (Å²) in [4.78, 5) is 11.5. The minimum Gasteiger partial charge on any atom is -0.508 e. The minimum atomic E-state index is -0.763. The number of benzene rings is 2. The van der Waals surface area contributed by atoms with Crippen LogP contribution in [0.5, 0.6) is 5.75 Å². The lowest BCUT2D eigenvalue weighted by Crippen LogP contribution is -2.03. The first-order chi connectivity index (χ1) is 13.0. The van der Waals surface area contributed by atoms with Crippen LogP contribution in [0, 0.1) is 18.7 Å². The predicted octanol–water partition coefficient (Wildman–Crippen LogP) is 4.85. The van der Waals surface area contributed by atoms with E-state index in [2.05, 4.69) is 4.57 Å². The van der Waals surface area contributed by atoms with Crippen molar-refractivity contribution in [1.29, 1.82) is 0 Å². The van der Waals surface area contributed by atoms with E-state index in [0.717, 1.165) is 40.7 Å². The summed E-state index contributed by atoms with van der Waals surface area (Å²) in [5.41, 5.74) is 4.58. The summed E-state index contributed by atoms with van der Waals surface area (Å²) in [6, 6.07) is 10.3. The van der Waals surface area contributed by atoms with Crippen molar-refractivity contribution in [3.05, 3.63) is 59.0 Å². The second-order valence-electron chi connectivity index (χ2n) is 7.83. The molecule has 4 nitrogen and oxygen atoms in total. The monoisotopic (exact) mass is 365 g/mol. The Morgan fingerprint density at radius 2 is 1.96 bits per heavy atom. The van der Waals surface area contributed by atoms with Gasteiger partial charge in [0, 0.05) is 22.7 Å². The van der Waals surface area contributed by atoms with Crippen LogP contribution in [-0.4, -0.2) is 20.7 Å². The van der Waals surface area contributed by atoms with E-state index < -0.39 is 5.97 Å². The number of carbonyl (C=O) groups is 1. The van der Waals surface area contributed by atoms with Gasteiger partial charge in [0.15, 0.2) is 0 Å². The largest absolute Gasteiger partial charge is 0.508 e. The summed E-state index contributed by atoms with van der Waals surface area (Å²) >= 11 is 0. The van der Waals surface area contributed by atoms with E-state index in [1.165, 1.54) is 6.07 Å². The minimum absolute atomic E-state index is 0.0230. The number of hydrogen-bond donors (Lipinski definition) is 2. The lowest BCUT2D eigenvalue weighted by atomic mass is 10.0. The number of fused-ring (bicyclic) bond motifs is 1. The van der Waals surface area contributed by atoms with Crippen molar-refractivity contribution < 1.29 is 19.4 Å². The Morgan fingerprint density at radius 1 is 1.19 bits per heavy atom. The van der Waals surface area contributed by atoms with Crippen LogP contribution in [0.3, 0.4) is 0 Å². The molecule has 2 fully saturated rings. The molecule has 0 amide bonds. The van der Waals surface area contributed by atoms with Crippen molar-refractivity contribution in [3.63, 3.8) is 0 Å². The molecular formula is C22H20FNO3. The van der Waals surface area contributed by atoms with Gasteiger partial charge < -0.3 is 14.8 Å². The van der Waals surface area contributed by atoms with Gasteiger partial charge in [0.25, 0.3) is 0 Å². The fourth-order valence-electron chi connectivity index (χ4n) is 4.30. The third-order valence-electron chi connectivity index (χ3n) is 5.87. The molecule has 0 spiro atoms. The maximum atomic E-state index is 13.8. The topological polar surface area (TPSA) is 62.5 Å². The van der Waals surface area contributed by atoms with Crippen molar-refractivity contribution in [2.24, 2.45) is 5.92 Å². The van der Waals surface area contributed by atoms with Gasteiger partial charge in [0.05, 0.1) is 11.4 Å². The Morgan fingerprint density at radius 3 is 2.59 bits per heavy atom. The summed E-state index contributed by atoms with van der Waals surface area (Å²) < 4.78 is 16.0. The number of carboxylic acids is 1. The molecule has 3 aromatic rings. The van der Waals surface area contributed by atoms with Gasteiger partial charge in [-0.3, -0.25) is 4.79 Å². The van der Waals surface area contributed by atoms with Gasteiger partial charge in [-0.15, -0.1) is 0 Å². The highest BCUT2D eigenvalue weighted by atomic mass is 19.1. The van der Waals surface area contributed by atoms with E-state index in [1.807, 2.05) is 12.1 Å². The molecule has 0 aliphatic heterocycles. The number of nitrogens with zero attached hydrogens (tertiary/aromatic N) is 1. The smallest absolute Gasteiger partial charge is 0.307 e. The van der Waals surface area contributed by atoms with Gasteiger partial charge in [0.1, 0.15) is 11.6 Å². The molecule has 138 valence electrons. The van der Waals surface area contributed by atoms with E-state index in [4.69, 9.17) is 0 Å². The Labute approximate surface area is 155 Å². The highest BCUT2D eigenvalue weighted by Gasteiger charge is 2.48. The van der Waals surface area contributed by atoms with Crippen molar-refractivity contribution in [2.45, 2.75) is 38.0 Å². The average molecular weight is 365 g/mol. The summed E-state index contributed by atoms with van der Waals surface area (Å²) in [6.07, 6.45) is 2.77. The van der Waals surface area contributed by atoms with Crippen molar-refractivity contribution in [2.75, 3.05) is 0 Å². The first kappa shape index (κ1) is 16.4. The molecule has 2 aliphatic carbocycles. The predicted molar refractivity (Wildman–Crippen MR) is 100 cm³/mol. The van der Waals surface area contributed by atoms with Crippen LogP contribution in [0.4, 0.5) is 4.39 Å². The molecule has 2 aliphatic rings. The van der Waals surface area contributed by atoms with Crippen LogP contribution in [-0.2, 0) is 4.79 Å². The van der Waals surface area contributed by atoms with Crippen molar-refractivity contribution in [3.8, 4) is 11.4 Å². The molecule has 2 aromatic carbocycles. The number of aliphatic carboxylic acids is 1. The second kappa shape index (κ2) is 5.59. The third kappa shape index (κ3) is 2.52. The number of aromatic nitrogens is 1. The molecule has 5 rings (SSSR count). The number of halogens is 1. The van der Waals surface area contributed by atoms with Crippen LogP contribution in [0.15, 0.2) is 36.4 Å². The molecule has 0 unspecified atom stereocenters. The lowest BCUT2D eigenvalue weighted by Gasteiger charge is -2.13. The maximum Gasteiger partial charge on any atom is 0.307 e. The molecule has 27 heavy (non-hydrogen) atoms. The SMILES string of the molecule is Cc1cc(-n2c(C3CC3)c([C@H]3C[C@@H]3C(=O)O)c3cc(O)ccc32)ccc1F. The van der Waals surface area contributed by atoms with Gasteiger partial charge in [-0.1, -0.05) is 0 Å². The Kier molecular flexibility index (Phi) is 3.39. The zero-order valence-electron chi connectivity index (χ0n) is 14.9. The first-order valence-electron chi connectivity index (χ1n) is 9.32. The molecule has 1 aromatic heterocycles. The van der Waals surface area contributed by atoms with Crippen molar-refractivity contribution in [1.82, 2.24) is 4.57 Å². The molecule has 2 saturated carbocycles. The zero-order valence-corrected chi connectivity index (χ0v) is 14.9. The quantitative estimate of drug-likeness (QED) is 0.695. The van der Waals surface area contributed by atoms with E-state index in [9.17, 15) is 19.4 Å². The molecule has 1 heterocycles. The third-order valence-corrected chi connectivity index (χ3v) is 5.87. The van der Waals surface area contributed by atoms with Gasteiger partial charge in [-0.05, 0) is 79.6 Å². The highest BCUT2D eigenvalue weighted by Crippen LogP contribution is 2.56. The van der Waals surface area contributed by atoms with Gasteiger partial charge in [0.2, 0.25) is 0 Å². The molecule has 2 N–H and O–H groups in total. The first-order valence-corrected chi connectivity index (χ1v) is 9.32. The fourth-order valence-corrected chi connectivity index (χ4v) is 4.30.